The van der Waals surface area contributed by atoms with Gasteiger partial charge in [0, 0.05) is 19.1 Å². The molecule has 0 atom stereocenters. The van der Waals surface area contributed by atoms with Crippen LogP contribution in [0.1, 0.15) is 32.6 Å². The van der Waals surface area contributed by atoms with Gasteiger partial charge in [-0.25, -0.2) is 0 Å². The fraction of sp³-hybridized carbons (Fsp3) is 0.846. The second-order valence-corrected chi connectivity index (χ2v) is 4.93. The maximum atomic E-state index is 6.10. The highest BCUT2D eigenvalue weighted by Crippen LogP contribution is 2.27. The average molecular weight is 224 g/mol. The molecule has 1 saturated heterocycles. The molecule has 1 heterocycles. The van der Waals surface area contributed by atoms with Crippen LogP contribution in [0.25, 0.3) is 0 Å². The van der Waals surface area contributed by atoms with Gasteiger partial charge in [-0.2, -0.15) is 0 Å². The Hall–Kier alpha value is -0.540. The van der Waals surface area contributed by atoms with Crippen molar-refractivity contribution in [3.8, 4) is 0 Å². The molecule has 1 aliphatic heterocycles. The molecule has 2 fully saturated rings. The normalized spacial score (nSPS) is 32.0. The Bertz CT molecular complexity index is 228. The van der Waals surface area contributed by atoms with E-state index in [0.717, 1.165) is 13.1 Å². The topological polar surface area (TPSA) is 24.5 Å². The molecule has 0 unspecified atom stereocenters. The van der Waals surface area contributed by atoms with Gasteiger partial charge in [-0.3, -0.25) is 0 Å². The molecule has 0 aromatic heterocycles. The largest absolute Gasteiger partial charge is 0.377 e. The number of nitrogens with one attached hydrogen (secondary N) is 1. The van der Waals surface area contributed by atoms with Gasteiger partial charge in [0.2, 0.25) is 0 Å². The first-order chi connectivity index (χ1) is 7.81. The second kappa shape index (κ2) is 5.69. The molecule has 1 N–H and O–H groups in total. The maximum absolute atomic E-state index is 6.10. The quantitative estimate of drug-likeness (QED) is 0.787. The Morgan fingerprint density at radius 2 is 1.88 bits per heavy atom. The zero-order valence-electron chi connectivity index (χ0n) is 10.5. The first-order valence-corrected chi connectivity index (χ1v) is 6.51. The van der Waals surface area contributed by atoms with Gasteiger partial charge in [0.25, 0.3) is 0 Å². The van der Waals surface area contributed by atoms with E-state index >= 15 is 0 Å². The van der Waals surface area contributed by atoms with Crippen LogP contribution in [0.2, 0.25) is 0 Å². The van der Waals surface area contributed by atoms with Crippen LogP contribution in [0.4, 0.5) is 0 Å². The molecule has 0 spiro atoms. The van der Waals surface area contributed by atoms with Gasteiger partial charge in [-0.15, -0.1) is 0 Å². The average Bonchev–Trinajstić information content (AvgIpc) is 2.25. The minimum Gasteiger partial charge on any atom is -0.377 e. The number of nitrogens with zero attached hydrogens (tertiary/aromatic N) is 1. The highest BCUT2D eigenvalue weighted by Gasteiger charge is 2.31. The molecule has 2 aliphatic rings. The van der Waals surface area contributed by atoms with Gasteiger partial charge < -0.3 is 15.0 Å². The number of hydrogen-bond donors (Lipinski definition) is 1. The second-order valence-electron chi connectivity index (χ2n) is 4.93. The van der Waals surface area contributed by atoms with Crippen LogP contribution < -0.4 is 5.32 Å². The number of likely N-dealkylation sites (tertiary alicyclic amines) is 1. The van der Waals surface area contributed by atoms with Crippen molar-refractivity contribution in [1.82, 2.24) is 10.2 Å². The van der Waals surface area contributed by atoms with Crippen molar-refractivity contribution in [3.63, 3.8) is 0 Å². The summed E-state index contributed by atoms with van der Waals surface area (Å²) in [5.41, 5.74) is 0. The van der Waals surface area contributed by atoms with Crippen LogP contribution in [0, 0.1) is 0 Å². The minimum atomic E-state index is 0.504. The van der Waals surface area contributed by atoms with Gasteiger partial charge in [-0.05, 0) is 45.9 Å². The summed E-state index contributed by atoms with van der Waals surface area (Å²) in [6.45, 7) is 4.38. The van der Waals surface area contributed by atoms with E-state index in [-0.39, 0.29) is 0 Å². The lowest BCUT2D eigenvalue weighted by Gasteiger charge is -2.39. The summed E-state index contributed by atoms with van der Waals surface area (Å²) in [6.07, 6.45) is 10.1. The fourth-order valence-electron chi connectivity index (χ4n) is 2.56. The van der Waals surface area contributed by atoms with Gasteiger partial charge in [-0.1, -0.05) is 6.08 Å². The molecular formula is C13H24N2O. The van der Waals surface area contributed by atoms with Crippen molar-refractivity contribution in [2.24, 2.45) is 0 Å². The van der Waals surface area contributed by atoms with Crippen LogP contribution in [-0.2, 0) is 4.74 Å². The zero-order chi connectivity index (χ0) is 11.4. The third-order valence-electron chi connectivity index (χ3n) is 3.72. The number of hydrogen-bond acceptors (Lipinski definition) is 3. The standard InChI is InChI=1S/C13H24N2O/c1-3-6-15-7-4-12(5-8-15)16-13-9-11(10-13)14-2/h3,6,11-14H,4-5,7-10H2,1-2H3/b6-3+/t11-,13-. The van der Waals surface area contributed by atoms with E-state index < -0.39 is 0 Å². The predicted octanol–water partition coefficient (Wildman–Crippen LogP) is 1.75. The lowest BCUT2D eigenvalue weighted by molar-refractivity contribution is -0.0802. The van der Waals surface area contributed by atoms with Crippen LogP contribution in [0.3, 0.4) is 0 Å². The Balaban J connectivity index is 1.63. The number of rotatable bonds is 4. The molecule has 16 heavy (non-hydrogen) atoms. The summed E-state index contributed by atoms with van der Waals surface area (Å²) in [5.74, 6) is 0. The molecule has 2 rings (SSSR count). The van der Waals surface area contributed by atoms with Gasteiger partial charge >= 0.3 is 0 Å². The molecular weight excluding hydrogens is 200 g/mol. The van der Waals surface area contributed by atoms with E-state index in [9.17, 15) is 0 Å². The lowest BCUT2D eigenvalue weighted by atomic mass is 9.89. The molecule has 0 bridgehead atoms. The highest BCUT2D eigenvalue weighted by atomic mass is 16.5. The summed E-state index contributed by atoms with van der Waals surface area (Å²) in [6, 6.07) is 0.702. The Labute approximate surface area is 98.8 Å². The van der Waals surface area contributed by atoms with E-state index in [1.807, 2.05) is 7.05 Å². The van der Waals surface area contributed by atoms with Gasteiger partial charge in [0.05, 0.1) is 12.2 Å². The highest BCUT2D eigenvalue weighted by molar-refractivity contribution is 4.88. The van der Waals surface area contributed by atoms with Crippen molar-refractivity contribution in [1.29, 1.82) is 0 Å². The van der Waals surface area contributed by atoms with E-state index in [1.165, 1.54) is 25.7 Å². The van der Waals surface area contributed by atoms with Crippen molar-refractivity contribution in [3.05, 3.63) is 12.3 Å². The van der Waals surface area contributed by atoms with Crippen molar-refractivity contribution in [2.45, 2.75) is 50.9 Å². The molecule has 1 saturated carbocycles. The number of piperidine rings is 1. The minimum absolute atomic E-state index is 0.504. The Morgan fingerprint density at radius 1 is 1.19 bits per heavy atom. The molecule has 0 amide bonds. The molecule has 0 aromatic rings. The van der Waals surface area contributed by atoms with Crippen molar-refractivity contribution >= 4 is 0 Å². The van der Waals surface area contributed by atoms with E-state index in [0.29, 0.717) is 18.2 Å². The van der Waals surface area contributed by atoms with Crippen LogP contribution in [-0.4, -0.2) is 43.3 Å². The van der Waals surface area contributed by atoms with E-state index in [4.69, 9.17) is 4.74 Å². The molecule has 3 nitrogen and oxygen atoms in total. The fourth-order valence-corrected chi connectivity index (χ4v) is 2.56. The van der Waals surface area contributed by atoms with E-state index in [2.05, 4.69) is 29.4 Å². The predicted molar refractivity (Wildman–Crippen MR) is 66.4 cm³/mol. The van der Waals surface area contributed by atoms with Gasteiger partial charge in [0.15, 0.2) is 0 Å². The summed E-state index contributed by atoms with van der Waals surface area (Å²) in [4.78, 5) is 2.39. The monoisotopic (exact) mass is 224 g/mol. The Kier molecular flexibility index (Phi) is 4.24. The molecule has 3 heteroatoms. The maximum Gasteiger partial charge on any atom is 0.0612 e. The molecule has 92 valence electrons. The zero-order valence-corrected chi connectivity index (χ0v) is 10.5. The smallest absolute Gasteiger partial charge is 0.0612 e. The summed E-state index contributed by atoms with van der Waals surface area (Å²) in [5, 5.41) is 3.30. The number of ether oxygens (including phenoxy) is 1. The third kappa shape index (κ3) is 2.98. The Morgan fingerprint density at radius 3 is 2.44 bits per heavy atom. The van der Waals surface area contributed by atoms with Crippen molar-refractivity contribution < 1.29 is 4.74 Å². The summed E-state index contributed by atoms with van der Waals surface area (Å²) >= 11 is 0. The molecule has 1 aliphatic carbocycles. The summed E-state index contributed by atoms with van der Waals surface area (Å²) < 4.78 is 6.10. The first kappa shape index (κ1) is 11.9. The summed E-state index contributed by atoms with van der Waals surface area (Å²) in [7, 11) is 2.04. The van der Waals surface area contributed by atoms with E-state index in [1.54, 1.807) is 0 Å². The SMILES string of the molecule is C/C=C/N1CCC(O[C@H]2C[C@H](NC)C2)CC1. The lowest BCUT2D eigenvalue weighted by Crippen LogP contribution is -2.46. The molecule has 0 aromatic carbocycles. The van der Waals surface area contributed by atoms with Crippen LogP contribution in [0.15, 0.2) is 12.3 Å². The first-order valence-electron chi connectivity index (χ1n) is 6.51. The van der Waals surface area contributed by atoms with Gasteiger partial charge in [0.1, 0.15) is 0 Å². The molecule has 0 radical (unpaired) electrons. The van der Waals surface area contributed by atoms with Crippen LogP contribution in [0.5, 0.6) is 0 Å². The van der Waals surface area contributed by atoms with Crippen LogP contribution >= 0.6 is 0 Å². The third-order valence-corrected chi connectivity index (χ3v) is 3.72. The number of allylic oxidation sites excluding steroid dienone is 1. The van der Waals surface area contributed by atoms with Crippen molar-refractivity contribution in [2.75, 3.05) is 20.1 Å².